The molecule has 0 bridgehead atoms. The van der Waals surface area contributed by atoms with Crippen LogP contribution in [-0.2, 0) is 11.3 Å². The molecule has 2 heterocycles. The highest BCUT2D eigenvalue weighted by atomic mass is 32.1. The summed E-state index contributed by atoms with van der Waals surface area (Å²) in [7, 11) is 0. The van der Waals surface area contributed by atoms with Gasteiger partial charge < -0.3 is 9.30 Å². The quantitative estimate of drug-likeness (QED) is 0.871. The van der Waals surface area contributed by atoms with Gasteiger partial charge in [0.15, 0.2) is 10.6 Å². The average Bonchev–Trinajstić information content (AvgIpc) is 3.07. The lowest BCUT2D eigenvalue weighted by atomic mass is 10.1. The fourth-order valence-electron chi connectivity index (χ4n) is 2.48. The summed E-state index contributed by atoms with van der Waals surface area (Å²) in [4.78, 5) is 0. The second-order valence-electron chi connectivity index (χ2n) is 4.79. The van der Waals surface area contributed by atoms with Crippen molar-refractivity contribution in [1.29, 1.82) is 0 Å². The van der Waals surface area contributed by atoms with Crippen molar-refractivity contribution in [3.63, 3.8) is 0 Å². The van der Waals surface area contributed by atoms with Crippen LogP contribution in [0.3, 0.4) is 0 Å². The summed E-state index contributed by atoms with van der Waals surface area (Å²) in [6.45, 7) is 1.75. The summed E-state index contributed by atoms with van der Waals surface area (Å²) in [5.74, 6) is 0.906. The highest BCUT2D eigenvalue weighted by Gasteiger charge is 2.16. The Morgan fingerprint density at radius 1 is 1.37 bits per heavy atom. The lowest BCUT2D eigenvalue weighted by molar-refractivity contribution is 0.100. The number of hydrogen-bond donors (Lipinski definition) is 1. The van der Waals surface area contributed by atoms with Gasteiger partial charge in [-0.3, -0.25) is 5.10 Å². The topological polar surface area (TPSA) is 42.8 Å². The zero-order valence-electron chi connectivity index (χ0n) is 10.7. The van der Waals surface area contributed by atoms with E-state index >= 15 is 0 Å². The van der Waals surface area contributed by atoms with Crippen molar-refractivity contribution in [2.75, 3.05) is 6.61 Å². The van der Waals surface area contributed by atoms with Crippen LogP contribution in [0.5, 0.6) is 0 Å². The van der Waals surface area contributed by atoms with Gasteiger partial charge in [-0.25, -0.2) is 0 Å². The van der Waals surface area contributed by atoms with Crippen molar-refractivity contribution in [2.24, 2.45) is 0 Å². The van der Waals surface area contributed by atoms with Gasteiger partial charge in [0.25, 0.3) is 0 Å². The van der Waals surface area contributed by atoms with Gasteiger partial charge >= 0.3 is 0 Å². The number of hydrogen-bond acceptors (Lipinski definition) is 3. The van der Waals surface area contributed by atoms with Crippen LogP contribution in [0.1, 0.15) is 19.3 Å². The van der Waals surface area contributed by atoms with E-state index in [1.54, 1.807) is 0 Å². The molecule has 100 valence electrons. The van der Waals surface area contributed by atoms with Crippen LogP contribution in [0.4, 0.5) is 0 Å². The Morgan fingerprint density at radius 3 is 2.95 bits per heavy atom. The van der Waals surface area contributed by atoms with Crippen molar-refractivity contribution >= 4 is 12.2 Å². The molecule has 0 radical (unpaired) electrons. The first kappa shape index (κ1) is 12.6. The first-order chi connectivity index (χ1) is 9.34. The predicted octanol–water partition coefficient (Wildman–Crippen LogP) is 3.18. The molecule has 19 heavy (non-hydrogen) atoms. The molecule has 1 fully saturated rings. The zero-order chi connectivity index (χ0) is 13.1. The predicted molar refractivity (Wildman–Crippen MR) is 76.4 cm³/mol. The van der Waals surface area contributed by atoms with Crippen LogP contribution in [-0.4, -0.2) is 27.5 Å². The van der Waals surface area contributed by atoms with Crippen molar-refractivity contribution in [3.05, 3.63) is 35.1 Å². The molecule has 1 aromatic heterocycles. The first-order valence-electron chi connectivity index (χ1n) is 6.67. The molecule has 0 spiro atoms. The van der Waals surface area contributed by atoms with Crippen LogP contribution < -0.4 is 0 Å². The lowest BCUT2D eigenvalue weighted by Crippen LogP contribution is -2.11. The van der Waals surface area contributed by atoms with Crippen LogP contribution in [0.15, 0.2) is 30.3 Å². The summed E-state index contributed by atoms with van der Waals surface area (Å²) in [6, 6.07) is 10.1. The molecule has 5 heteroatoms. The van der Waals surface area contributed by atoms with E-state index in [0.717, 1.165) is 37.4 Å². The molecule has 1 N–H and O–H groups in total. The van der Waals surface area contributed by atoms with Crippen LogP contribution >= 0.6 is 12.2 Å². The fraction of sp³-hybridized carbons (Fsp3) is 0.429. The van der Waals surface area contributed by atoms with E-state index in [-0.39, 0.29) is 0 Å². The average molecular weight is 275 g/mol. The zero-order valence-corrected chi connectivity index (χ0v) is 11.5. The SMILES string of the molecule is S=c1[nH]nc(-c2ccccc2)n1CCC1CCCO1. The minimum Gasteiger partial charge on any atom is -0.378 e. The molecule has 0 amide bonds. The number of nitrogens with zero attached hydrogens (tertiary/aromatic N) is 2. The monoisotopic (exact) mass is 275 g/mol. The normalized spacial score (nSPS) is 18.8. The Kier molecular flexibility index (Phi) is 3.75. The lowest BCUT2D eigenvalue weighted by Gasteiger charge is -2.11. The smallest absolute Gasteiger partial charge is 0.195 e. The Bertz CT molecular complexity index is 584. The molecule has 1 unspecified atom stereocenters. The number of aromatic amines is 1. The van der Waals surface area contributed by atoms with Gasteiger partial charge in [-0.1, -0.05) is 30.3 Å². The second kappa shape index (κ2) is 5.67. The van der Waals surface area contributed by atoms with Crippen molar-refractivity contribution < 1.29 is 4.74 Å². The van der Waals surface area contributed by atoms with E-state index in [0.29, 0.717) is 10.9 Å². The van der Waals surface area contributed by atoms with Gasteiger partial charge in [-0.05, 0) is 31.5 Å². The number of rotatable bonds is 4. The van der Waals surface area contributed by atoms with Gasteiger partial charge in [0, 0.05) is 18.7 Å². The minimum absolute atomic E-state index is 0.375. The summed E-state index contributed by atoms with van der Waals surface area (Å²) < 4.78 is 8.40. The van der Waals surface area contributed by atoms with E-state index in [4.69, 9.17) is 17.0 Å². The van der Waals surface area contributed by atoms with Gasteiger partial charge in [0.1, 0.15) is 0 Å². The summed E-state index contributed by atoms with van der Waals surface area (Å²) in [6.07, 6.45) is 3.70. The highest BCUT2D eigenvalue weighted by molar-refractivity contribution is 7.71. The maximum absolute atomic E-state index is 5.66. The van der Waals surface area contributed by atoms with Crippen molar-refractivity contribution in [3.8, 4) is 11.4 Å². The molecule has 4 nitrogen and oxygen atoms in total. The first-order valence-corrected chi connectivity index (χ1v) is 7.07. The fourth-order valence-corrected chi connectivity index (χ4v) is 2.70. The van der Waals surface area contributed by atoms with E-state index in [9.17, 15) is 0 Å². The summed E-state index contributed by atoms with van der Waals surface area (Å²) in [5, 5.41) is 7.22. The van der Waals surface area contributed by atoms with Crippen LogP contribution in [0, 0.1) is 4.77 Å². The number of aromatic nitrogens is 3. The number of benzene rings is 1. The van der Waals surface area contributed by atoms with E-state index in [2.05, 4.69) is 14.8 Å². The van der Waals surface area contributed by atoms with Gasteiger partial charge in [-0.15, -0.1) is 0 Å². The number of ether oxygens (including phenoxy) is 1. The van der Waals surface area contributed by atoms with E-state index in [1.807, 2.05) is 30.3 Å². The van der Waals surface area contributed by atoms with E-state index in [1.165, 1.54) is 6.42 Å². The van der Waals surface area contributed by atoms with Crippen molar-refractivity contribution in [2.45, 2.75) is 31.9 Å². The van der Waals surface area contributed by atoms with Gasteiger partial charge in [0.2, 0.25) is 0 Å². The third-order valence-corrected chi connectivity index (χ3v) is 3.80. The maximum atomic E-state index is 5.66. The molecule has 0 saturated carbocycles. The maximum Gasteiger partial charge on any atom is 0.195 e. The largest absolute Gasteiger partial charge is 0.378 e. The minimum atomic E-state index is 0.375. The molecule has 1 saturated heterocycles. The molecule has 0 aliphatic carbocycles. The number of H-pyrrole nitrogens is 1. The molecule has 1 aromatic carbocycles. The Balaban J connectivity index is 1.80. The standard InChI is InChI=1S/C14H17N3OS/c19-14-16-15-13(11-5-2-1-3-6-11)17(14)9-8-12-7-4-10-18-12/h1-3,5-6,12H,4,7-10H2,(H,16,19). The van der Waals surface area contributed by atoms with Crippen LogP contribution in [0.2, 0.25) is 0 Å². The molecule has 1 aliphatic rings. The Morgan fingerprint density at radius 2 is 2.21 bits per heavy atom. The molecule has 1 atom stereocenters. The highest BCUT2D eigenvalue weighted by Crippen LogP contribution is 2.20. The third kappa shape index (κ3) is 2.77. The molecular formula is C14H17N3OS. The summed E-state index contributed by atoms with van der Waals surface area (Å²) in [5.41, 5.74) is 1.09. The molecule has 3 rings (SSSR count). The molecule has 2 aromatic rings. The van der Waals surface area contributed by atoms with Crippen molar-refractivity contribution in [1.82, 2.24) is 14.8 Å². The van der Waals surface area contributed by atoms with E-state index < -0.39 is 0 Å². The third-order valence-electron chi connectivity index (χ3n) is 3.49. The van der Waals surface area contributed by atoms with Gasteiger partial charge in [0.05, 0.1) is 6.10 Å². The summed E-state index contributed by atoms with van der Waals surface area (Å²) >= 11 is 5.32. The second-order valence-corrected chi connectivity index (χ2v) is 5.18. The number of nitrogens with one attached hydrogen (secondary N) is 1. The Hall–Kier alpha value is -1.46. The molecular weight excluding hydrogens is 258 g/mol. The Labute approximate surface area is 117 Å². The van der Waals surface area contributed by atoms with Gasteiger partial charge in [-0.2, -0.15) is 5.10 Å². The molecule has 1 aliphatic heterocycles. The van der Waals surface area contributed by atoms with Crippen LogP contribution in [0.25, 0.3) is 11.4 Å².